The number of nitrogens with one attached hydrogen (secondary N) is 1. The number of rotatable bonds is 6. The summed E-state index contributed by atoms with van der Waals surface area (Å²) >= 11 is 0. The molecule has 0 aliphatic carbocycles. The zero-order valence-electron chi connectivity index (χ0n) is 11.9. The van der Waals surface area contributed by atoms with Crippen LogP contribution in [0.4, 0.5) is 5.69 Å². The van der Waals surface area contributed by atoms with Crippen LogP contribution in [0.5, 0.6) is 11.5 Å². The monoisotopic (exact) mass is 253 g/mol. The molecule has 0 heterocycles. The molecule has 0 amide bonds. The van der Waals surface area contributed by atoms with Crippen LogP contribution in [-0.4, -0.2) is 33.0 Å². The third kappa shape index (κ3) is 4.84. The van der Waals surface area contributed by atoms with Crippen molar-refractivity contribution in [2.45, 2.75) is 26.4 Å². The quantitative estimate of drug-likeness (QED) is 0.791. The van der Waals surface area contributed by atoms with Crippen LogP contribution >= 0.6 is 0 Å². The number of hydrogen-bond donors (Lipinski definition) is 1. The van der Waals surface area contributed by atoms with Crippen molar-refractivity contribution in [3.63, 3.8) is 0 Å². The molecule has 0 fully saturated rings. The number of benzene rings is 1. The van der Waals surface area contributed by atoms with Crippen molar-refractivity contribution < 1.29 is 14.2 Å². The van der Waals surface area contributed by atoms with Crippen LogP contribution in [0, 0.1) is 0 Å². The molecule has 0 saturated heterocycles. The largest absolute Gasteiger partial charge is 0.493 e. The molecule has 1 aromatic carbocycles. The van der Waals surface area contributed by atoms with Crippen LogP contribution < -0.4 is 14.8 Å². The van der Waals surface area contributed by atoms with Gasteiger partial charge in [0, 0.05) is 18.3 Å². The van der Waals surface area contributed by atoms with Gasteiger partial charge in [-0.1, -0.05) is 0 Å². The minimum absolute atomic E-state index is 0.0979. The second-order valence-electron chi connectivity index (χ2n) is 4.96. The average molecular weight is 253 g/mol. The highest BCUT2D eigenvalue weighted by Crippen LogP contribution is 2.29. The van der Waals surface area contributed by atoms with Crippen molar-refractivity contribution in [2.75, 3.05) is 32.7 Å². The molecule has 4 heteroatoms. The maximum absolute atomic E-state index is 5.63. The third-order valence-corrected chi connectivity index (χ3v) is 2.35. The van der Waals surface area contributed by atoms with Crippen LogP contribution in [-0.2, 0) is 4.74 Å². The number of hydrogen-bond acceptors (Lipinski definition) is 4. The average Bonchev–Trinajstić information content (AvgIpc) is 2.33. The van der Waals surface area contributed by atoms with Crippen LogP contribution in [0.3, 0.4) is 0 Å². The maximum atomic E-state index is 5.63. The first-order chi connectivity index (χ1) is 8.46. The third-order valence-electron chi connectivity index (χ3n) is 2.35. The molecule has 0 aliphatic heterocycles. The minimum Gasteiger partial charge on any atom is -0.493 e. The van der Waals surface area contributed by atoms with Gasteiger partial charge in [-0.3, -0.25) is 0 Å². The summed E-state index contributed by atoms with van der Waals surface area (Å²) in [6, 6.07) is 5.75. The van der Waals surface area contributed by atoms with Gasteiger partial charge in [0.05, 0.1) is 26.4 Å². The summed E-state index contributed by atoms with van der Waals surface area (Å²) in [5.74, 6) is 1.45. The van der Waals surface area contributed by atoms with Gasteiger partial charge in [-0.15, -0.1) is 0 Å². The first-order valence-electron chi connectivity index (χ1n) is 6.06. The van der Waals surface area contributed by atoms with Gasteiger partial charge >= 0.3 is 0 Å². The lowest BCUT2D eigenvalue weighted by atomic mass is 10.2. The summed E-state index contributed by atoms with van der Waals surface area (Å²) in [5, 5.41) is 3.28. The molecule has 0 aromatic heterocycles. The van der Waals surface area contributed by atoms with E-state index in [9.17, 15) is 0 Å². The van der Waals surface area contributed by atoms with E-state index < -0.39 is 0 Å². The summed E-state index contributed by atoms with van der Waals surface area (Å²) in [5.41, 5.74) is 0.893. The number of ether oxygens (including phenoxy) is 3. The molecule has 1 N–H and O–H groups in total. The molecular formula is C14H23NO3. The second-order valence-corrected chi connectivity index (χ2v) is 4.96. The Morgan fingerprint density at radius 3 is 2.28 bits per heavy atom. The lowest BCUT2D eigenvalue weighted by Crippen LogP contribution is -2.23. The van der Waals surface area contributed by atoms with Crippen LogP contribution in [0.2, 0.25) is 0 Å². The van der Waals surface area contributed by atoms with E-state index in [0.29, 0.717) is 6.61 Å². The molecule has 0 bridgehead atoms. The van der Waals surface area contributed by atoms with E-state index in [1.54, 1.807) is 14.2 Å². The number of anilines is 1. The van der Waals surface area contributed by atoms with E-state index >= 15 is 0 Å². The summed E-state index contributed by atoms with van der Waals surface area (Å²) < 4.78 is 16.1. The Hall–Kier alpha value is -1.42. The molecular weight excluding hydrogens is 230 g/mol. The molecule has 0 spiro atoms. The zero-order chi connectivity index (χ0) is 13.6. The highest BCUT2D eigenvalue weighted by atomic mass is 16.5. The van der Waals surface area contributed by atoms with Crippen molar-refractivity contribution in [1.29, 1.82) is 0 Å². The molecule has 0 saturated carbocycles. The molecule has 1 aromatic rings. The SMILES string of the molecule is COc1ccc(NCCOC(C)(C)C)cc1OC. The Morgan fingerprint density at radius 2 is 1.72 bits per heavy atom. The maximum Gasteiger partial charge on any atom is 0.162 e. The van der Waals surface area contributed by atoms with Gasteiger partial charge in [-0.2, -0.15) is 0 Å². The summed E-state index contributed by atoms with van der Waals surface area (Å²) in [4.78, 5) is 0. The highest BCUT2D eigenvalue weighted by Gasteiger charge is 2.09. The minimum atomic E-state index is -0.0979. The van der Waals surface area contributed by atoms with E-state index in [1.807, 2.05) is 39.0 Å². The van der Waals surface area contributed by atoms with Crippen LogP contribution in [0.25, 0.3) is 0 Å². The topological polar surface area (TPSA) is 39.7 Å². The summed E-state index contributed by atoms with van der Waals surface area (Å²) in [6.07, 6.45) is 0. The van der Waals surface area contributed by atoms with E-state index in [4.69, 9.17) is 14.2 Å². The van der Waals surface area contributed by atoms with Crippen molar-refractivity contribution in [2.24, 2.45) is 0 Å². The molecule has 1 rings (SSSR count). The van der Waals surface area contributed by atoms with Crippen molar-refractivity contribution in [3.8, 4) is 11.5 Å². The van der Waals surface area contributed by atoms with Gasteiger partial charge in [0.1, 0.15) is 0 Å². The molecule has 18 heavy (non-hydrogen) atoms. The zero-order valence-corrected chi connectivity index (χ0v) is 11.9. The summed E-state index contributed by atoms with van der Waals surface area (Å²) in [7, 11) is 3.26. The van der Waals surface area contributed by atoms with Crippen LogP contribution in [0.15, 0.2) is 18.2 Å². The van der Waals surface area contributed by atoms with Gasteiger partial charge in [0.2, 0.25) is 0 Å². The first kappa shape index (κ1) is 14.6. The summed E-state index contributed by atoms with van der Waals surface area (Å²) in [6.45, 7) is 7.56. The highest BCUT2D eigenvalue weighted by molar-refractivity contribution is 5.54. The molecule has 0 aliphatic rings. The van der Waals surface area contributed by atoms with Crippen molar-refractivity contribution >= 4 is 5.69 Å². The van der Waals surface area contributed by atoms with E-state index in [-0.39, 0.29) is 5.60 Å². The van der Waals surface area contributed by atoms with Crippen molar-refractivity contribution in [3.05, 3.63) is 18.2 Å². The Kier molecular flexibility index (Phi) is 5.28. The van der Waals surface area contributed by atoms with Crippen molar-refractivity contribution in [1.82, 2.24) is 0 Å². The standard InChI is InChI=1S/C14H23NO3/c1-14(2,3)18-9-8-15-11-6-7-12(16-4)13(10-11)17-5/h6-7,10,15H,8-9H2,1-5H3. The smallest absolute Gasteiger partial charge is 0.162 e. The fraction of sp³-hybridized carbons (Fsp3) is 0.571. The lowest BCUT2D eigenvalue weighted by molar-refractivity contribution is 0.00333. The Labute approximate surface area is 109 Å². The second kappa shape index (κ2) is 6.50. The predicted octanol–water partition coefficient (Wildman–Crippen LogP) is 2.93. The predicted molar refractivity (Wildman–Crippen MR) is 73.7 cm³/mol. The molecule has 4 nitrogen and oxygen atoms in total. The Balaban J connectivity index is 2.48. The van der Waals surface area contributed by atoms with E-state index in [2.05, 4.69) is 5.32 Å². The number of methoxy groups -OCH3 is 2. The van der Waals surface area contributed by atoms with Gasteiger partial charge in [0.25, 0.3) is 0 Å². The van der Waals surface area contributed by atoms with Gasteiger partial charge in [0.15, 0.2) is 11.5 Å². The van der Waals surface area contributed by atoms with Gasteiger partial charge in [-0.25, -0.2) is 0 Å². The molecule has 0 atom stereocenters. The first-order valence-corrected chi connectivity index (χ1v) is 6.06. The van der Waals surface area contributed by atoms with Gasteiger partial charge in [-0.05, 0) is 32.9 Å². The molecule has 0 unspecified atom stereocenters. The molecule has 102 valence electrons. The normalized spacial score (nSPS) is 11.2. The fourth-order valence-corrected chi connectivity index (χ4v) is 1.50. The molecule has 0 radical (unpaired) electrons. The van der Waals surface area contributed by atoms with E-state index in [1.165, 1.54) is 0 Å². The Bertz CT molecular complexity index is 372. The van der Waals surface area contributed by atoms with E-state index in [0.717, 1.165) is 23.7 Å². The lowest BCUT2D eigenvalue weighted by Gasteiger charge is -2.20. The fourth-order valence-electron chi connectivity index (χ4n) is 1.50. The van der Waals surface area contributed by atoms with Gasteiger partial charge < -0.3 is 19.5 Å². The van der Waals surface area contributed by atoms with Crippen LogP contribution in [0.1, 0.15) is 20.8 Å². The Morgan fingerprint density at radius 1 is 1.06 bits per heavy atom.